The van der Waals surface area contributed by atoms with E-state index in [1.54, 1.807) is 0 Å². The summed E-state index contributed by atoms with van der Waals surface area (Å²) in [6.07, 6.45) is 5.20. The van der Waals surface area contributed by atoms with Crippen molar-refractivity contribution < 1.29 is 0 Å². The smallest absolute Gasteiger partial charge is 0.00367 e. The van der Waals surface area contributed by atoms with Gasteiger partial charge in [0.2, 0.25) is 0 Å². The summed E-state index contributed by atoms with van der Waals surface area (Å²) in [5.41, 5.74) is 9.25. The Kier molecular flexibility index (Phi) is 4.11. The van der Waals surface area contributed by atoms with Crippen molar-refractivity contribution in [3.05, 3.63) is 71.3 Å². The molecule has 0 heterocycles. The first-order chi connectivity index (χ1) is 8.38. The lowest BCUT2D eigenvalue weighted by atomic mass is 10.1. The van der Waals surface area contributed by atoms with Crippen LogP contribution < -0.4 is 5.73 Å². The number of nitrogens with two attached hydrogens (primary N) is 1. The van der Waals surface area contributed by atoms with Gasteiger partial charge in [-0.05, 0) is 29.7 Å². The summed E-state index contributed by atoms with van der Waals surface area (Å²) in [4.78, 5) is 0. The molecule has 0 fully saturated rings. The van der Waals surface area contributed by atoms with Crippen molar-refractivity contribution in [2.24, 2.45) is 5.73 Å². The summed E-state index contributed by atoms with van der Waals surface area (Å²) in [6, 6.07) is 18.8. The summed E-state index contributed by atoms with van der Waals surface area (Å²) in [7, 11) is 0. The van der Waals surface area contributed by atoms with Crippen LogP contribution in [-0.4, -0.2) is 6.54 Å². The van der Waals surface area contributed by atoms with Gasteiger partial charge in [-0.1, -0.05) is 66.7 Å². The topological polar surface area (TPSA) is 26.0 Å². The van der Waals surface area contributed by atoms with E-state index in [1.165, 1.54) is 16.7 Å². The molecule has 0 unspecified atom stereocenters. The van der Waals surface area contributed by atoms with E-state index in [2.05, 4.69) is 48.6 Å². The Morgan fingerprint density at radius 3 is 1.94 bits per heavy atom. The van der Waals surface area contributed by atoms with Crippen molar-refractivity contribution >= 4 is 12.2 Å². The molecule has 0 radical (unpaired) electrons. The molecular formula is C16H17N. The molecule has 2 rings (SSSR count). The average Bonchev–Trinajstić information content (AvgIpc) is 2.40. The van der Waals surface area contributed by atoms with Crippen molar-refractivity contribution in [1.82, 2.24) is 0 Å². The lowest BCUT2D eigenvalue weighted by molar-refractivity contribution is 0.969. The maximum Gasteiger partial charge on any atom is -0.00367 e. The van der Waals surface area contributed by atoms with Crippen molar-refractivity contribution in [2.75, 3.05) is 6.54 Å². The molecule has 0 aliphatic rings. The van der Waals surface area contributed by atoms with E-state index in [1.807, 2.05) is 18.2 Å². The molecule has 2 aromatic carbocycles. The van der Waals surface area contributed by atoms with Crippen molar-refractivity contribution in [1.29, 1.82) is 0 Å². The molecule has 0 aromatic heterocycles. The third-order valence-electron chi connectivity index (χ3n) is 2.68. The van der Waals surface area contributed by atoms with Crippen LogP contribution in [0.25, 0.3) is 12.2 Å². The maximum absolute atomic E-state index is 5.52. The van der Waals surface area contributed by atoms with Gasteiger partial charge >= 0.3 is 0 Å². The molecule has 0 saturated carbocycles. The maximum atomic E-state index is 5.52. The predicted octanol–water partition coefficient (Wildman–Crippen LogP) is 3.36. The second-order valence-electron chi connectivity index (χ2n) is 4.02. The Balaban J connectivity index is 2.06. The van der Waals surface area contributed by atoms with Gasteiger partial charge in [0.05, 0.1) is 0 Å². The number of hydrogen-bond donors (Lipinski definition) is 1. The summed E-state index contributed by atoms with van der Waals surface area (Å²) >= 11 is 0. The van der Waals surface area contributed by atoms with Gasteiger partial charge in [-0.15, -0.1) is 0 Å². The van der Waals surface area contributed by atoms with E-state index in [-0.39, 0.29) is 0 Å². The first-order valence-corrected chi connectivity index (χ1v) is 5.90. The van der Waals surface area contributed by atoms with E-state index in [0.29, 0.717) is 6.54 Å². The van der Waals surface area contributed by atoms with Crippen LogP contribution in [0.2, 0.25) is 0 Å². The minimum Gasteiger partial charge on any atom is -0.330 e. The van der Waals surface area contributed by atoms with Crippen LogP contribution in [0.15, 0.2) is 54.6 Å². The van der Waals surface area contributed by atoms with Crippen LogP contribution in [0.3, 0.4) is 0 Å². The zero-order valence-electron chi connectivity index (χ0n) is 9.84. The van der Waals surface area contributed by atoms with Gasteiger partial charge in [0.1, 0.15) is 0 Å². The molecule has 0 spiro atoms. The molecule has 1 heteroatoms. The van der Waals surface area contributed by atoms with E-state index >= 15 is 0 Å². The first kappa shape index (κ1) is 11.6. The Morgan fingerprint density at radius 2 is 1.35 bits per heavy atom. The van der Waals surface area contributed by atoms with Crippen molar-refractivity contribution in [3.8, 4) is 0 Å². The summed E-state index contributed by atoms with van der Waals surface area (Å²) < 4.78 is 0. The number of benzene rings is 2. The molecule has 0 aliphatic carbocycles. The standard InChI is InChI=1S/C16H17N/c17-13-12-16-10-8-15(9-11-16)7-6-14-4-2-1-3-5-14/h1-11H,12-13,17H2/b7-6-. The van der Waals surface area contributed by atoms with Crippen LogP contribution >= 0.6 is 0 Å². The van der Waals surface area contributed by atoms with Gasteiger partial charge in [0.25, 0.3) is 0 Å². The van der Waals surface area contributed by atoms with Crippen LogP contribution in [0, 0.1) is 0 Å². The van der Waals surface area contributed by atoms with Gasteiger partial charge in [-0.25, -0.2) is 0 Å². The van der Waals surface area contributed by atoms with Crippen LogP contribution in [-0.2, 0) is 6.42 Å². The third kappa shape index (κ3) is 3.58. The zero-order valence-corrected chi connectivity index (χ0v) is 9.84. The summed E-state index contributed by atoms with van der Waals surface area (Å²) in [5.74, 6) is 0. The molecule has 0 bridgehead atoms. The van der Waals surface area contributed by atoms with Crippen LogP contribution in [0.1, 0.15) is 16.7 Å². The fraction of sp³-hybridized carbons (Fsp3) is 0.125. The van der Waals surface area contributed by atoms with E-state index in [9.17, 15) is 0 Å². The monoisotopic (exact) mass is 223 g/mol. The minimum atomic E-state index is 0.708. The normalized spacial score (nSPS) is 10.9. The second-order valence-corrected chi connectivity index (χ2v) is 4.02. The Morgan fingerprint density at radius 1 is 0.765 bits per heavy atom. The highest BCUT2D eigenvalue weighted by molar-refractivity contribution is 5.69. The highest BCUT2D eigenvalue weighted by atomic mass is 14.5. The molecule has 0 amide bonds. The number of hydrogen-bond acceptors (Lipinski definition) is 1. The Bertz CT molecular complexity index is 469. The van der Waals surface area contributed by atoms with Crippen molar-refractivity contribution in [3.63, 3.8) is 0 Å². The quantitative estimate of drug-likeness (QED) is 0.790. The van der Waals surface area contributed by atoms with E-state index in [4.69, 9.17) is 5.73 Å². The molecule has 1 nitrogen and oxygen atoms in total. The lowest BCUT2D eigenvalue weighted by Gasteiger charge is -1.99. The SMILES string of the molecule is NCCc1ccc(/C=C\c2ccccc2)cc1. The van der Waals surface area contributed by atoms with Gasteiger partial charge in [0.15, 0.2) is 0 Å². The predicted molar refractivity (Wildman–Crippen MR) is 74.6 cm³/mol. The molecule has 17 heavy (non-hydrogen) atoms. The van der Waals surface area contributed by atoms with Gasteiger partial charge in [0, 0.05) is 0 Å². The largest absolute Gasteiger partial charge is 0.330 e. The fourth-order valence-electron chi connectivity index (χ4n) is 1.72. The number of rotatable bonds is 4. The second kappa shape index (κ2) is 6.02. The summed E-state index contributed by atoms with van der Waals surface area (Å²) in [5, 5.41) is 0. The fourth-order valence-corrected chi connectivity index (χ4v) is 1.72. The minimum absolute atomic E-state index is 0.708. The van der Waals surface area contributed by atoms with E-state index in [0.717, 1.165) is 6.42 Å². The zero-order chi connectivity index (χ0) is 11.9. The Labute approximate surface area is 103 Å². The van der Waals surface area contributed by atoms with Gasteiger partial charge in [-0.3, -0.25) is 0 Å². The molecular weight excluding hydrogens is 206 g/mol. The molecule has 2 aromatic rings. The molecule has 0 aliphatic heterocycles. The molecule has 86 valence electrons. The highest BCUT2D eigenvalue weighted by Crippen LogP contribution is 2.09. The molecule has 0 atom stereocenters. The Hall–Kier alpha value is -1.86. The van der Waals surface area contributed by atoms with Crippen LogP contribution in [0.4, 0.5) is 0 Å². The van der Waals surface area contributed by atoms with Crippen molar-refractivity contribution in [2.45, 2.75) is 6.42 Å². The lowest BCUT2D eigenvalue weighted by Crippen LogP contribution is -2.02. The molecule has 2 N–H and O–H groups in total. The van der Waals surface area contributed by atoms with Gasteiger partial charge < -0.3 is 5.73 Å². The first-order valence-electron chi connectivity index (χ1n) is 5.90. The average molecular weight is 223 g/mol. The van der Waals surface area contributed by atoms with Crippen LogP contribution in [0.5, 0.6) is 0 Å². The summed E-state index contributed by atoms with van der Waals surface area (Å²) in [6.45, 7) is 0.708. The van der Waals surface area contributed by atoms with Gasteiger partial charge in [-0.2, -0.15) is 0 Å². The highest BCUT2D eigenvalue weighted by Gasteiger charge is 1.91. The molecule has 0 saturated heterocycles. The third-order valence-corrected chi connectivity index (χ3v) is 2.68. The van der Waals surface area contributed by atoms with E-state index < -0.39 is 0 Å².